The zero-order valence-electron chi connectivity index (χ0n) is 15.4. The Labute approximate surface area is 159 Å². The topological polar surface area (TPSA) is 74.8 Å². The summed E-state index contributed by atoms with van der Waals surface area (Å²) in [4.78, 5) is 28.4. The van der Waals surface area contributed by atoms with E-state index in [1.807, 2.05) is 6.92 Å². The molecule has 2 aliphatic rings. The third kappa shape index (κ3) is 4.48. The number of rotatable bonds is 6. The second kappa shape index (κ2) is 7.96. The fraction of sp³-hybridized carbons (Fsp3) is 0.579. The van der Waals surface area contributed by atoms with E-state index in [4.69, 9.17) is 0 Å². The lowest BCUT2D eigenvalue weighted by Crippen LogP contribution is -2.44. The predicted octanol–water partition coefficient (Wildman–Crippen LogP) is 1.25. The molecule has 0 N–H and O–H groups in total. The van der Waals surface area contributed by atoms with Gasteiger partial charge in [-0.15, -0.1) is 0 Å². The van der Waals surface area contributed by atoms with Gasteiger partial charge in [-0.1, -0.05) is 18.2 Å². The van der Waals surface area contributed by atoms with Crippen LogP contribution in [-0.2, 0) is 25.8 Å². The van der Waals surface area contributed by atoms with E-state index in [2.05, 4.69) is 0 Å². The van der Waals surface area contributed by atoms with Crippen molar-refractivity contribution in [1.82, 2.24) is 9.80 Å². The molecule has 0 saturated carbocycles. The number of sulfone groups is 1. The molecule has 8 heteroatoms. The zero-order chi connectivity index (χ0) is 19.6. The number of carbonyl (C=O) groups excluding carboxylic acids is 2. The molecule has 2 unspecified atom stereocenters. The molecular formula is C19H25FN2O4S. The summed E-state index contributed by atoms with van der Waals surface area (Å²) in [5.74, 6) is -0.900. The van der Waals surface area contributed by atoms with Crippen molar-refractivity contribution in [3.63, 3.8) is 0 Å². The van der Waals surface area contributed by atoms with E-state index in [-0.39, 0.29) is 41.6 Å². The third-order valence-electron chi connectivity index (χ3n) is 5.45. The van der Waals surface area contributed by atoms with E-state index in [1.54, 1.807) is 28.0 Å². The Hall–Kier alpha value is -1.96. The Morgan fingerprint density at radius 3 is 2.70 bits per heavy atom. The minimum Gasteiger partial charge on any atom is -0.342 e. The van der Waals surface area contributed by atoms with Gasteiger partial charge < -0.3 is 9.80 Å². The fourth-order valence-electron chi connectivity index (χ4n) is 3.96. The Balaban J connectivity index is 1.60. The van der Waals surface area contributed by atoms with Gasteiger partial charge in [0, 0.05) is 32.1 Å². The van der Waals surface area contributed by atoms with Gasteiger partial charge in [-0.25, -0.2) is 12.8 Å². The molecule has 2 saturated heterocycles. The molecule has 1 aromatic rings. The van der Waals surface area contributed by atoms with Crippen LogP contribution >= 0.6 is 0 Å². The molecule has 1 aromatic carbocycles. The van der Waals surface area contributed by atoms with Crippen LogP contribution in [0.1, 0.15) is 25.3 Å². The molecule has 0 aromatic heterocycles. The molecule has 2 aliphatic heterocycles. The summed E-state index contributed by atoms with van der Waals surface area (Å²) in [5, 5.41) is 0. The van der Waals surface area contributed by atoms with Crippen molar-refractivity contribution >= 4 is 21.7 Å². The smallest absolute Gasteiger partial charge is 0.228 e. The number of hydrogen-bond donors (Lipinski definition) is 0. The molecule has 148 valence electrons. The van der Waals surface area contributed by atoms with Gasteiger partial charge in [-0.2, -0.15) is 0 Å². The van der Waals surface area contributed by atoms with Crippen LogP contribution in [0.15, 0.2) is 24.3 Å². The highest BCUT2D eigenvalue weighted by molar-refractivity contribution is 7.91. The summed E-state index contributed by atoms with van der Waals surface area (Å²) >= 11 is 0. The van der Waals surface area contributed by atoms with Gasteiger partial charge in [0.2, 0.25) is 11.8 Å². The molecule has 0 spiro atoms. The van der Waals surface area contributed by atoms with Crippen molar-refractivity contribution < 1.29 is 22.4 Å². The summed E-state index contributed by atoms with van der Waals surface area (Å²) in [7, 11) is -3.08. The number of carbonyl (C=O) groups is 2. The second-order valence-electron chi connectivity index (χ2n) is 7.26. The quantitative estimate of drug-likeness (QED) is 0.725. The van der Waals surface area contributed by atoms with Crippen LogP contribution in [0.2, 0.25) is 0 Å². The molecule has 2 heterocycles. The highest BCUT2D eigenvalue weighted by Gasteiger charge is 2.40. The van der Waals surface area contributed by atoms with Crippen LogP contribution in [0, 0.1) is 11.7 Å². The van der Waals surface area contributed by atoms with Gasteiger partial charge in [0.1, 0.15) is 5.82 Å². The summed E-state index contributed by atoms with van der Waals surface area (Å²) in [6.45, 7) is 2.93. The number of amides is 2. The highest BCUT2D eigenvalue weighted by Crippen LogP contribution is 2.25. The third-order valence-corrected chi connectivity index (χ3v) is 7.20. The maximum absolute atomic E-state index is 13.7. The second-order valence-corrected chi connectivity index (χ2v) is 9.49. The first-order valence-electron chi connectivity index (χ1n) is 9.33. The van der Waals surface area contributed by atoms with Crippen LogP contribution in [0.5, 0.6) is 0 Å². The van der Waals surface area contributed by atoms with E-state index in [0.717, 1.165) is 0 Å². The lowest BCUT2D eigenvalue weighted by molar-refractivity contribution is -0.137. The van der Waals surface area contributed by atoms with E-state index >= 15 is 0 Å². The molecule has 27 heavy (non-hydrogen) atoms. The Kier molecular flexibility index (Phi) is 5.83. The van der Waals surface area contributed by atoms with Crippen LogP contribution in [-0.4, -0.2) is 67.2 Å². The monoisotopic (exact) mass is 396 g/mol. The van der Waals surface area contributed by atoms with Gasteiger partial charge in [-0.3, -0.25) is 9.59 Å². The molecule has 0 radical (unpaired) electrons. The van der Waals surface area contributed by atoms with Crippen molar-refractivity contribution in [2.75, 3.05) is 31.1 Å². The predicted molar refractivity (Wildman–Crippen MR) is 99.2 cm³/mol. The number of halogens is 1. The van der Waals surface area contributed by atoms with Gasteiger partial charge in [0.05, 0.1) is 17.4 Å². The minimum absolute atomic E-state index is 0.00421. The van der Waals surface area contributed by atoms with E-state index < -0.39 is 15.8 Å². The Morgan fingerprint density at radius 2 is 2.07 bits per heavy atom. The number of likely N-dealkylation sites (tertiary alicyclic amines) is 1. The lowest BCUT2D eigenvalue weighted by atomic mass is 10.1. The van der Waals surface area contributed by atoms with Crippen molar-refractivity contribution in [2.24, 2.45) is 5.92 Å². The average Bonchev–Trinajstić information content (AvgIpc) is 3.17. The summed E-state index contributed by atoms with van der Waals surface area (Å²) < 4.78 is 37.2. The summed E-state index contributed by atoms with van der Waals surface area (Å²) in [6, 6.07) is 6.16. The van der Waals surface area contributed by atoms with Gasteiger partial charge in [0.25, 0.3) is 0 Å². The van der Waals surface area contributed by atoms with Crippen LogP contribution in [0.25, 0.3) is 0 Å². The molecule has 0 aliphatic carbocycles. The maximum Gasteiger partial charge on any atom is 0.228 e. The maximum atomic E-state index is 13.7. The first-order valence-corrected chi connectivity index (χ1v) is 11.1. The van der Waals surface area contributed by atoms with Crippen LogP contribution in [0.3, 0.4) is 0 Å². The molecule has 2 atom stereocenters. The van der Waals surface area contributed by atoms with Gasteiger partial charge in [0.15, 0.2) is 9.84 Å². The molecule has 2 amide bonds. The number of nitrogens with zero attached hydrogens (tertiary/aromatic N) is 2. The zero-order valence-corrected chi connectivity index (χ0v) is 16.3. The highest BCUT2D eigenvalue weighted by atomic mass is 32.2. The van der Waals surface area contributed by atoms with Crippen molar-refractivity contribution in [1.29, 1.82) is 0 Å². The molecule has 3 rings (SSSR count). The normalized spacial score (nSPS) is 24.4. The number of benzene rings is 1. The minimum atomic E-state index is -3.08. The van der Waals surface area contributed by atoms with Crippen molar-refractivity contribution in [2.45, 2.75) is 32.2 Å². The fourth-order valence-corrected chi connectivity index (χ4v) is 5.69. The largest absolute Gasteiger partial charge is 0.342 e. The number of hydrogen-bond acceptors (Lipinski definition) is 4. The SMILES string of the molecule is CCN(C(=O)C1CC(=O)N(CCc2ccccc2F)C1)C1CCS(=O)(=O)C1. The average molecular weight is 396 g/mol. The Bertz CT molecular complexity index is 827. The van der Waals surface area contributed by atoms with Gasteiger partial charge >= 0.3 is 0 Å². The van der Waals surface area contributed by atoms with Gasteiger partial charge in [-0.05, 0) is 31.4 Å². The first-order chi connectivity index (χ1) is 12.8. The van der Waals surface area contributed by atoms with E-state index in [9.17, 15) is 22.4 Å². The van der Waals surface area contributed by atoms with E-state index in [0.29, 0.717) is 38.0 Å². The van der Waals surface area contributed by atoms with Crippen molar-refractivity contribution in [3.8, 4) is 0 Å². The Morgan fingerprint density at radius 1 is 1.33 bits per heavy atom. The van der Waals surface area contributed by atoms with Crippen molar-refractivity contribution in [3.05, 3.63) is 35.6 Å². The first kappa shape index (κ1) is 19.8. The van der Waals surface area contributed by atoms with E-state index in [1.165, 1.54) is 6.07 Å². The molecule has 6 nitrogen and oxygen atoms in total. The lowest BCUT2D eigenvalue weighted by Gasteiger charge is -2.29. The standard InChI is InChI=1S/C19H25FN2O4S/c1-2-22(16-8-10-27(25,26)13-16)19(24)15-11-18(23)21(12-15)9-7-14-5-3-4-6-17(14)20/h3-6,15-16H,2,7-13H2,1H3. The van der Waals surface area contributed by atoms with Crippen LogP contribution < -0.4 is 0 Å². The molecular weight excluding hydrogens is 371 g/mol. The summed E-state index contributed by atoms with van der Waals surface area (Å²) in [6.07, 6.45) is 0.989. The molecule has 2 fully saturated rings. The van der Waals surface area contributed by atoms with Crippen LogP contribution in [0.4, 0.5) is 4.39 Å². The summed E-state index contributed by atoms with van der Waals surface area (Å²) in [5.41, 5.74) is 0.548. The molecule has 0 bridgehead atoms.